The van der Waals surface area contributed by atoms with Crippen molar-refractivity contribution in [2.24, 2.45) is 0 Å². The summed E-state index contributed by atoms with van der Waals surface area (Å²) in [6.45, 7) is 7.41. The van der Waals surface area contributed by atoms with Crippen LogP contribution in [0, 0.1) is 16.9 Å². The maximum absolute atomic E-state index is 8.58. The van der Waals surface area contributed by atoms with Gasteiger partial charge in [0.05, 0.1) is 6.54 Å². The molecule has 0 saturated carbocycles. The van der Waals surface area contributed by atoms with E-state index in [1.165, 1.54) is 16.7 Å². The van der Waals surface area contributed by atoms with E-state index in [1.54, 1.807) is 12.2 Å². The second-order valence-corrected chi connectivity index (χ2v) is 2.91. The second-order valence-electron chi connectivity index (χ2n) is 1.90. The zero-order valence-electron chi connectivity index (χ0n) is 6.79. The van der Waals surface area contributed by atoms with Crippen LogP contribution in [-0.2, 0) is 0 Å². The van der Waals surface area contributed by atoms with Gasteiger partial charge in [0, 0.05) is 5.75 Å². The number of amidine groups is 1. The molecule has 0 aromatic rings. The molecule has 0 heterocycles. The van der Waals surface area contributed by atoms with Gasteiger partial charge in [-0.05, 0) is 0 Å². The zero-order valence-corrected chi connectivity index (χ0v) is 7.60. The Bertz CT molecular complexity index is 217. The van der Waals surface area contributed by atoms with Crippen LogP contribution in [0.25, 0.3) is 0 Å². The van der Waals surface area contributed by atoms with Gasteiger partial charge in [-0.25, -0.2) is 0 Å². The van der Waals surface area contributed by atoms with E-state index in [2.05, 4.69) is 13.2 Å². The number of nitrogens with zero attached hydrogens (tertiary/aromatic N) is 2. The SMILES string of the molecule is C=CCSC(=N)N(C#N)CC=C. The molecule has 12 heavy (non-hydrogen) atoms. The molecule has 64 valence electrons. The first-order chi connectivity index (χ1) is 5.76. The molecule has 0 saturated heterocycles. The van der Waals surface area contributed by atoms with Gasteiger partial charge in [0.2, 0.25) is 0 Å². The van der Waals surface area contributed by atoms with Crippen LogP contribution in [0.2, 0.25) is 0 Å². The Balaban J connectivity index is 3.95. The molecule has 0 unspecified atom stereocenters. The van der Waals surface area contributed by atoms with Crippen LogP contribution in [0.3, 0.4) is 0 Å². The number of nitriles is 1. The van der Waals surface area contributed by atoms with Crippen LogP contribution in [0.15, 0.2) is 25.3 Å². The van der Waals surface area contributed by atoms with Gasteiger partial charge in [-0.15, -0.1) is 13.2 Å². The molecule has 0 aromatic heterocycles. The van der Waals surface area contributed by atoms with E-state index in [0.717, 1.165) is 0 Å². The summed E-state index contributed by atoms with van der Waals surface area (Å²) >= 11 is 1.27. The molecule has 0 rings (SSSR count). The first-order valence-corrected chi connectivity index (χ1v) is 4.35. The van der Waals surface area contributed by atoms with Gasteiger partial charge in [0.15, 0.2) is 11.4 Å². The fourth-order valence-electron chi connectivity index (χ4n) is 0.514. The van der Waals surface area contributed by atoms with Crippen molar-refractivity contribution >= 4 is 16.9 Å². The smallest absolute Gasteiger partial charge is 0.186 e. The Labute approximate surface area is 76.9 Å². The normalized spacial score (nSPS) is 8.25. The van der Waals surface area contributed by atoms with Gasteiger partial charge in [0.25, 0.3) is 0 Å². The quantitative estimate of drug-likeness (QED) is 0.236. The summed E-state index contributed by atoms with van der Waals surface area (Å²) in [5.74, 6) is 0.647. The molecule has 0 atom stereocenters. The fourth-order valence-corrected chi connectivity index (χ4v) is 1.06. The second kappa shape index (κ2) is 6.50. The van der Waals surface area contributed by atoms with Crippen LogP contribution in [0.5, 0.6) is 0 Å². The highest BCUT2D eigenvalue weighted by Gasteiger charge is 2.05. The first-order valence-electron chi connectivity index (χ1n) is 3.36. The summed E-state index contributed by atoms with van der Waals surface area (Å²) < 4.78 is 0. The average molecular weight is 181 g/mol. The molecule has 0 aliphatic carbocycles. The summed E-state index contributed by atoms with van der Waals surface area (Å²) in [4.78, 5) is 1.27. The maximum atomic E-state index is 8.58. The number of hydrogen-bond donors (Lipinski definition) is 1. The molecular weight excluding hydrogens is 170 g/mol. The molecule has 0 aliphatic heterocycles. The number of hydrogen-bond acceptors (Lipinski definition) is 3. The Morgan fingerprint density at radius 2 is 2.25 bits per heavy atom. The minimum Gasteiger partial charge on any atom is -0.278 e. The van der Waals surface area contributed by atoms with Crippen LogP contribution in [-0.4, -0.2) is 22.4 Å². The Kier molecular flexibility index (Phi) is 5.84. The largest absolute Gasteiger partial charge is 0.278 e. The van der Waals surface area contributed by atoms with E-state index < -0.39 is 0 Å². The van der Waals surface area contributed by atoms with E-state index in [0.29, 0.717) is 12.3 Å². The summed E-state index contributed by atoms with van der Waals surface area (Å²) in [6.07, 6.45) is 5.18. The fraction of sp³-hybridized carbons (Fsp3) is 0.250. The number of rotatable bonds is 4. The van der Waals surface area contributed by atoms with Crippen molar-refractivity contribution in [3.63, 3.8) is 0 Å². The molecule has 0 aromatic carbocycles. The molecule has 0 aliphatic rings. The van der Waals surface area contributed by atoms with Crippen molar-refractivity contribution < 1.29 is 0 Å². The molecular formula is C8H11N3S. The number of thioether (sulfide) groups is 1. The van der Waals surface area contributed by atoms with Gasteiger partial charge >= 0.3 is 0 Å². The van der Waals surface area contributed by atoms with Gasteiger partial charge in [-0.2, -0.15) is 5.26 Å². The van der Waals surface area contributed by atoms with Crippen molar-refractivity contribution in [1.29, 1.82) is 10.7 Å². The standard InChI is InChI=1S/C8H11N3S/c1-3-5-11(7-9)8(10)12-6-4-2/h3-4,10H,1-2,5-6H2. The average Bonchev–Trinajstić information content (AvgIpc) is 2.10. The monoisotopic (exact) mass is 181 g/mol. The molecule has 0 spiro atoms. The van der Waals surface area contributed by atoms with E-state index in [1.807, 2.05) is 6.19 Å². The summed E-state index contributed by atoms with van der Waals surface area (Å²) in [5, 5.41) is 16.2. The van der Waals surface area contributed by atoms with Crippen molar-refractivity contribution in [2.75, 3.05) is 12.3 Å². The highest BCUT2D eigenvalue weighted by molar-refractivity contribution is 8.13. The van der Waals surface area contributed by atoms with E-state index in [9.17, 15) is 0 Å². The van der Waals surface area contributed by atoms with Gasteiger partial charge in [-0.3, -0.25) is 10.3 Å². The highest BCUT2D eigenvalue weighted by Crippen LogP contribution is 2.06. The predicted molar refractivity (Wildman–Crippen MR) is 52.9 cm³/mol. The third-order valence-electron chi connectivity index (χ3n) is 1.02. The van der Waals surface area contributed by atoms with Crippen LogP contribution in [0.4, 0.5) is 0 Å². The maximum Gasteiger partial charge on any atom is 0.186 e. The van der Waals surface area contributed by atoms with Crippen molar-refractivity contribution in [2.45, 2.75) is 0 Å². The van der Waals surface area contributed by atoms with Crippen molar-refractivity contribution in [1.82, 2.24) is 4.90 Å². The molecule has 0 bridgehead atoms. The summed E-state index contributed by atoms with van der Waals surface area (Å²) in [7, 11) is 0. The van der Waals surface area contributed by atoms with Gasteiger partial charge in [0.1, 0.15) is 0 Å². The minimum atomic E-state index is 0.234. The minimum absolute atomic E-state index is 0.234. The zero-order chi connectivity index (χ0) is 9.40. The Morgan fingerprint density at radius 1 is 1.58 bits per heavy atom. The van der Waals surface area contributed by atoms with Crippen LogP contribution in [0.1, 0.15) is 0 Å². The number of nitrogens with one attached hydrogen (secondary N) is 1. The topological polar surface area (TPSA) is 50.9 Å². The third kappa shape index (κ3) is 3.84. The van der Waals surface area contributed by atoms with E-state index in [4.69, 9.17) is 10.7 Å². The molecule has 3 nitrogen and oxygen atoms in total. The lowest BCUT2D eigenvalue weighted by molar-refractivity contribution is 0.653. The molecule has 0 fully saturated rings. The van der Waals surface area contributed by atoms with Crippen molar-refractivity contribution in [3.05, 3.63) is 25.3 Å². The van der Waals surface area contributed by atoms with Crippen molar-refractivity contribution in [3.8, 4) is 6.19 Å². The Morgan fingerprint density at radius 3 is 2.67 bits per heavy atom. The lowest BCUT2D eigenvalue weighted by atomic mass is 10.6. The predicted octanol–water partition coefficient (Wildman–Crippen LogP) is 1.81. The van der Waals surface area contributed by atoms with Crippen LogP contribution >= 0.6 is 11.8 Å². The third-order valence-corrected chi connectivity index (χ3v) is 1.91. The molecule has 0 radical (unpaired) electrons. The molecule has 4 heteroatoms. The van der Waals surface area contributed by atoms with Gasteiger partial charge < -0.3 is 0 Å². The summed E-state index contributed by atoms with van der Waals surface area (Å²) in [6, 6.07) is 0. The van der Waals surface area contributed by atoms with Crippen LogP contribution < -0.4 is 0 Å². The molecule has 0 amide bonds. The first kappa shape index (κ1) is 10.8. The Hall–Kier alpha value is -1.21. The highest BCUT2D eigenvalue weighted by atomic mass is 32.2. The lowest BCUT2D eigenvalue weighted by Gasteiger charge is -2.11. The molecule has 1 N–H and O–H groups in total. The lowest BCUT2D eigenvalue weighted by Crippen LogP contribution is -2.22. The van der Waals surface area contributed by atoms with Gasteiger partial charge in [-0.1, -0.05) is 23.9 Å². The van der Waals surface area contributed by atoms with E-state index in [-0.39, 0.29) is 5.17 Å². The summed E-state index contributed by atoms with van der Waals surface area (Å²) in [5.41, 5.74) is 0. The van der Waals surface area contributed by atoms with E-state index >= 15 is 0 Å².